The molecule has 0 radical (unpaired) electrons. The van der Waals surface area contributed by atoms with Crippen LogP contribution in [0.2, 0.25) is 5.02 Å². The Morgan fingerprint density at radius 1 is 1.32 bits per heavy atom. The SMILES string of the molecule is Nc1ccc(S(=O)(=O)N2CCNC(=O)CC2)c(Cl)c1. The Labute approximate surface area is 116 Å². The summed E-state index contributed by atoms with van der Waals surface area (Å²) in [7, 11) is -3.70. The fourth-order valence-electron chi connectivity index (χ4n) is 1.85. The van der Waals surface area contributed by atoms with Crippen LogP contribution in [0, 0.1) is 0 Å². The largest absolute Gasteiger partial charge is 0.399 e. The van der Waals surface area contributed by atoms with Crippen LogP contribution in [-0.2, 0) is 14.8 Å². The molecule has 1 aliphatic rings. The summed E-state index contributed by atoms with van der Waals surface area (Å²) in [6, 6.07) is 4.27. The topological polar surface area (TPSA) is 92.5 Å². The number of rotatable bonds is 2. The number of halogens is 1. The lowest BCUT2D eigenvalue weighted by Crippen LogP contribution is -2.34. The summed E-state index contributed by atoms with van der Waals surface area (Å²) in [5.41, 5.74) is 5.94. The first-order valence-electron chi connectivity index (χ1n) is 5.73. The summed E-state index contributed by atoms with van der Waals surface area (Å²) in [4.78, 5) is 11.2. The molecule has 1 aliphatic heterocycles. The molecule has 8 heteroatoms. The number of benzene rings is 1. The predicted octanol–water partition coefficient (Wildman–Crippen LogP) is 0.433. The minimum Gasteiger partial charge on any atom is -0.399 e. The number of nitrogens with zero attached hydrogens (tertiary/aromatic N) is 1. The van der Waals surface area contributed by atoms with E-state index in [9.17, 15) is 13.2 Å². The van der Waals surface area contributed by atoms with Gasteiger partial charge in [0.1, 0.15) is 4.90 Å². The molecule has 1 aromatic rings. The van der Waals surface area contributed by atoms with Crippen molar-refractivity contribution in [3.05, 3.63) is 23.2 Å². The van der Waals surface area contributed by atoms with Crippen molar-refractivity contribution in [2.45, 2.75) is 11.3 Å². The molecular weight excluding hydrogens is 290 g/mol. The van der Waals surface area contributed by atoms with E-state index in [-0.39, 0.29) is 35.3 Å². The standard InChI is InChI=1S/C11H14ClN3O3S/c12-9-7-8(13)1-2-10(9)19(17,18)15-5-3-11(16)14-4-6-15/h1-2,7H,3-6,13H2,(H,14,16). The molecule has 0 spiro atoms. The van der Waals surface area contributed by atoms with Crippen LogP contribution in [0.25, 0.3) is 0 Å². The van der Waals surface area contributed by atoms with Gasteiger partial charge >= 0.3 is 0 Å². The molecule has 0 unspecified atom stereocenters. The number of hydrogen-bond acceptors (Lipinski definition) is 4. The molecule has 0 aliphatic carbocycles. The molecule has 6 nitrogen and oxygen atoms in total. The quantitative estimate of drug-likeness (QED) is 0.775. The lowest BCUT2D eigenvalue weighted by Gasteiger charge is -2.20. The third-order valence-electron chi connectivity index (χ3n) is 2.85. The number of nitrogens with one attached hydrogen (secondary N) is 1. The Hall–Kier alpha value is -1.31. The van der Waals surface area contributed by atoms with E-state index in [1.165, 1.54) is 22.5 Å². The number of anilines is 1. The lowest BCUT2D eigenvalue weighted by molar-refractivity contribution is -0.120. The molecule has 0 atom stereocenters. The van der Waals surface area contributed by atoms with Gasteiger partial charge in [-0.05, 0) is 18.2 Å². The molecule has 104 valence electrons. The second-order valence-electron chi connectivity index (χ2n) is 4.19. The number of amides is 1. The van der Waals surface area contributed by atoms with Crippen molar-refractivity contribution in [1.29, 1.82) is 0 Å². The van der Waals surface area contributed by atoms with Gasteiger partial charge in [0, 0.05) is 31.7 Å². The minimum atomic E-state index is -3.70. The number of nitrogen functional groups attached to an aromatic ring is 1. The molecule has 1 heterocycles. The van der Waals surface area contributed by atoms with Crippen molar-refractivity contribution < 1.29 is 13.2 Å². The van der Waals surface area contributed by atoms with Gasteiger partial charge in [-0.15, -0.1) is 0 Å². The van der Waals surface area contributed by atoms with E-state index in [1.54, 1.807) is 0 Å². The molecule has 2 rings (SSSR count). The molecule has 0 aromatic heterocycles. The molecule has 1 saturated heterocycles. The van der Waals surface area contributed by atoms with E-state index in [0.29, 0.717) is 12.2 Å². The summed E-state index contributed by atoms with van der Waals surface area (Å²) in [5, 5.41) is 2.71. The van der Waals surface area contributed by atoms with Crippen LogP contribution in [0.3, 0.4) is 0 Å². The fraction of sp³-hybridized carbons (Fsp3) is 0.364. The van der Waals surface area contributed by atoms with Gasteiger partial charge in [-0.2, -0.15) is 4.31 Å². The molecule has 1 amide bonds. The van der Waals surface area contributed by atoms with Gasteiger partial charge in [0.15, 0.2) is 0 Å². The van der Waals surface area contributed by atoms with Crippen molar-refractivity contribution >= 4 is 33.2 Å². The Balaban J connectivity index is 2.33. The molecular formula is C11H14ClN3O3S. The van der Waals surface area contributed by atoms with E-state index >= 15 is 0 Å². The first-order chi connectivity index (χ1) is 8.91. The predicted molar refractivity (Wildman–Crippen MR) is 72.2 cm³/mol. The average Bonchev–Trinajstić information content (AvgIpc) is 2.53. The van der Waals surface area contributed by atoms with Crippen LogP contribution < -0.4 is 11.1 Å². The van der Waals surface area contributed by atoms with Gasteiger partial charge in [0.05, 0.1) is 5.02 Å². The molecule has 0 bridgehead atoms. The van der Waals surface area contributed by atoms with Gasteiger partial charge in [0.25, 0.3) is 0 Å². The van der Waals surface area contributed by atoms with Gasteiger partial charge in [0.2, 0.25) is 15.9 Å². The number of nitrogens with two attached hydrogens (primary N) is 1. The van der Waals surface area contributed by atoms with Crippen LogP contribution in [0.5, 0.6) is 0 Å². The fourth-order valence-corrected chi connectivity index (χ4v) is 3.82. The Kier molecular flexibility index (Phi) is 3.98. The normalized spacial score (nSPS) is 17.8. The van der Waals surface area contributed by atoms with Crippen LogP contribution in [0.1, 0.15) is 6.42 Å². The van der Waals surface area contributed by atoms with E-state index < -0.39 is 10.0 Å². The molecule has 1 fully saturated rings. The zero-order chi connectivity index (χ0) is 14.0. The second-order valence-corrected chi connectivity index (χ2v) is 6.51. The van der Waals surface area contributed by atoms with Crippen LogP contribution in [0.15, 0.2) is 23.1 Å². The molecule has 3 N–H and O–H groups in total. The van der Waals surface area contributed by atoms with Crippen molar-refractivity contribution in [2.24, 2.45) is 0 Å². The smallest absolute Gasteiger partial charge is 0.244 e. The Morgan fingerprint density at radius 3 is 2.74 bits per heavy atom. The minimum absolute atomic E-state index is 0.0118. The molecule has 0 saturated carbocycles. The van der Waals surface area contributed by atoms with Gasteiger partial charge < -0.3 is 11.1 Å². The van der Waals surface area contributed by atoms with E-state index in [4.69, 9.17) is 17.3 Å². The summed E-state index contributed by atoms with van der Waals surface area (Å²) in [6.45, 7) is 0.675. The van der Waals surface area contributed by atoms with Gasteiger partial charge in [-0.3, -0.25) is 4.79 Å². The zero-order valence-corrected chi connectivity index (χ0v) is 11.7. The highest BCUT2D eigenvalue weighted by Crippen LogP contribution is 2.26. The maximum atomic E-state index is 12.4. The van der Waals surface area contributed by atoms with Crippen LogP contribution in [-0.4, -0.2) is 38.3 Å². The maximum Gasteiger partial charge on any atom is 0.244 e. The van der Waals surface area contributed by atoms with Gasteiger partial charge in [-0.1, -0.05) is 11.6 Å². The highest BCUT2D eigenvalue weighted by atomic mass is 35.5. The summed E-state index contributed by atoms with van der Waals surface area (Å²) >= 11 is 5.93. The van der Waals surface area contributed by atoms with E-state index in [1.807, 2.05) is 0 Å². The monoisotopic (exact) mass is 303 g/mol. The van der Waals surface area contributed by atoms with Crippen molar-refractivity contribution in [3.8, 4) is 0 Å². The van der Waals surface area contributed by atoms with Crippen molar-refractivity contribution in [1.82, 2.24) is 9.62 Å². The maximum absolute atomic E-state index is 12.4. The van der Waals surface area contributed by atoms with Crippen molar-refractivity contribution in [3.63, 3.8) is 0 Å². The molecule has 1 aromatic carbocycles. The Morgan fingerprint density at radius 2 is 2.05 bits per heavy atom. The van der Waals surface area contributed by atoms with Crippen molar-refractivity contribution in [2.75, 3.05) is 25.4 Å². The summed E-state index contributed by atoms with van der Waals surface area (Å²) in [5.74, 6) is -0.152. The third-order valence-corrected chi connectivity index (χ3v) is 5.23. The van der Waals surface area contributed by atoms with E-state index in [0.717, 1.165) is 0 Å². The number of hydrogen-bond donors (Lipinski definition) is 2. The van der Waals surface area contributed by atoms with Gasteiger partial charge in [-0.25, -0.2) is 8.42 Å². The second kappa shape index (κ2) is 5.36. The van der Waals surface area contributed by atoms with E-state index in [2.05, 4.69) is 5.32 Å². The highest BCUT2D eigenvalue weighted by Gasteiger charge is 2.28. The number of carbonyl (C=O) groups is 1. The summed E-state index contributed by atoms with van der Waals surface area (Å²) < 4.78 is 26.1. The average molecular weight is 304 g/mol. The lowest BCUT2D eigenvalue weighted by atomic mass is 10.3. The third kappa shape index (κ3) is 2.99. The Bertz CT molecular complexity index is 603. The number of carbonyl (C=O) groups excluding carboxylic acids is 1. The van der Waals surface area contributed by atoms with Crippen LogP contribution >= 0.6 is 11.6 Å². The first-order valence-corrected chi connectivity index (χ1v) is 7.55. The highest BCUT2D eigenvalue weighted by molar-refractivity contribution is 7.89. The summed E-state index contributed by atoms with van der Waals surface area (Å²) in [6.07, 6.45) is 0.145. The zero-order valence-electron chi connectivity index (χ0n) is 10.1. The molecule has 19 heavy (non-hydrogen) atoms. The number of sulfonamides is 1. The first kappa shape index (κ1) is 14.1. The van der Waals surface area contributed by atoms with Crippen LogP contribution in [0.4, 0.5) is 5.69 Å².